The van der Waals surface area contributed by atoms with E-state index in [9.17, 15) is 4.79 Å². The first kappa shape index (κ1) is 20.3. The summed E-state index contributed by atoms with van der Waals surface area (Å²) in [5, 5.41) is 10.4. The molecule has 0 saturated carbocycles. The lowest BCUT2D eigenvalue weighted by Gasteiger charge is -2.13. The van der Waals surface area contributed by atoms with E-state index in [1.807, 2.05) is 48.5 Å². The number of guanidine groups is 1. The third kappa shape index (κ3) is 5.10. The Kier molecular flexibility index (Phi) is 6.44. The predicted molar refractivity (Wildman–Crippen MR) is 116 cm³/mol. The van der Waals surface area contributed by atoms with E-state index in [0.717, 1.165) is 24.2 Å². The zero-order chi connectivity index (χ0) is 20.8. The quantitative estimate of drug-likeness (QED) is 0.412. The van der Waals surface area contributed by atoms with E-state index in [0.29, 0.717) is 34.7 Å². The number of nitrogens with two attached hydrogens (primary N) is 1. The van der Waals surface area contributed by atoms with Crippen LogP contribution in [0.25, 0.3) is 22.2 Å². The summed E-state index contributed by atoms with van der Waals surface area (Å²) in [7, 11) is 0. The van der Waals surface area contributed by atoms with Crippen molar-refractivity contribution in [2.45, 2.75) is 26.7 Å². The number of pyridine rings is 1. The van der Waals surface area contributed by atoms with Crippen LogP contribution in [0, 0.1) is 11.3 Å². The Labute approximate surface area is 170 Å². The molecule has 1 heterocycles. The van der Waals surface area contributed by atoms with Gasteiger partial charge in [0.25, 0.3) is 5.91 Å². The summed E-state index contributed by atoms with van der Waals surface area (Å²) in [5.41, 5.74) is 7.97. The Balaban J connectivity index is 1.96. The van der Waals surface area contributed by atoms with Gasteiger partial charge >= 0.3 is 0 Å². The van der Waals surface area contributed by atoms with Crippen LogP contribution < -0.4 is 15.8 Å². The molecule has 0 bridgehead atoms. The molecule has 0 aliphatic rings. The summed E-state index contributed by atoms with van der Waals surface area (Å²) in [6.45, 7) is 5.01. The lowest BCUT2D eigenvalue weighted by atomic mass is 10.0. The third-order valence-electron chi connectivity index (χ3n) is 4.65. The monoisotopic (exact) mass is 390 g/mol. The van der Waals surface area contributed by atoms with Gasteiger partial charge in [-0.05, 0) is 36.6 Å². The van der Waals surface area contributed by atoms with Crippen molar-refractivity contribution in [2.75, 3.05) is 6.61 Å². The number of carbonyl (C=O) groups is 1. The minimum Gasteiger partial charge on any atom is -0.493 e. The first-order valence-corrected chi connectivity index (χ1v) is 9.76. The van der Waals surface area contributed by atoms with Gasteiger partial charge in [-0.1, -0.05) is 50.6 Å². The molecule has 6 heteroatoms. The topological polar surface area (TPSA) is 101 Å². The van der Waals surface area contributed by atoms with Crippen molar-refractivity contribution in [2.24, 2.45) is 11.7 Å². The van der Waals surface area contributed by atoms with E-state index in [2.05, 4.69) is 19.2 Å². The predicted octanol–water partition coefficient (Wildman–Crippen LogP) is 4.34. The van der Waals surface area contributed by atoms with Gasteiger partial charge in [-0.3, -0.25) is 15.5 Å². The summed E-state index contributed by atoms with van der Waals surface area (Å²) >= 11 is 0. The van der Waals surface area contributed by atoms with Crippen LogP contribution in [0.15, 0.2) is 54.6 Å². The number of carbonyl (C=O) groups excluding carboxylic acids is 1. The number of fused-ring (bicyclic) bond motifs is 1. The van der Waals surface area contributed by atoms with Crippen LogP contribution in [0.4, 0.5) is 0 Å². The fourth-order valence-electron chi connectivity index (χ4n) is 3.26. The van der Waals surface area contributed by atoms with E-state index < -0.39 is 11.9 Å². The molecule has 3 aromatic rings. The molecule has 0 fully saturated rings. The number of hydrogen-bond acceptors (Lipinski definition) is 4. The molecule has 1 unspecified atom stereocenters. The van der Waals surface area contributed by atoms with Crippen LogP contribution in [-0.2, 0) is 0 Å². The Morgan fingerprint density at radius 3 is 2.76 bits per heavy atom. The first-order valence-electron chi connectivity index (χ1n) is 9.76. The fraction of sp³-hybridized carbons (Fsp3) is 0.261. The van der Waals surface area contributed by atoms with Gasteiger partial charge in [0.15, 0.2) is 5.96 Å². The maximum Gasteiger partial charge on any atom is 0.258 e. The van der Waals surface area contributed by atoms with Crippen LogP contribution in [0.2, 0.25) is 0 Å². The van der Waals surface area contributed by atoms with Crippen molar-refractivity contribution in [3.05, 3.63) is 60.2 Å². The Bertz CT molecular complexity index is 1030. The van der Waals surface area contributed by atoms with Crippen LogP contribution in [0.1, 0.15) is 37.0 Å². The van der Waals surface area contributed by atoms with Crippen LogP contribution in [-0.4, -0.2) is 23.5 Å². The summed E-state index contributed by atoms with van der Waals surface area (Å²) in [6.07, 6.45) is 2.26. The lowest BCUT2D eigenvalue weighted by Crippen LogP contribution is -2.35. The van der Waals surface area contributed by atoms with Gasteiger partial charge in [-0.2, -0.15) is 0 Å². The van der Waals surface area contributed by atoms with Gasteiger partial charge in [-0.25, -0.2) is 4.98 Å². The summed E-state index contributed by atoms with van der Waals surface area (Å²) in [4.78, 5) is 17.3. The molecule has 0 aliphatic heterocycles. The fourth-order valence-corrected chi connectivity index (χ4v) is 3.26. The molecule has 2 aromatic carbocycles. The zero-order valence-electron chi connectivity index (χ0n) is 16.7. The Morgan fingerprint density at radius 1 is 1.21 bits per heavy atom. The van der Waals surface area contributed by atoms with Crippen LogP contribution >= 0.6 is 0 Å². The molecule has 6 nitrogen and oxygen atoms in total. The number of aromatic nitrogens is 1. The van der Waals surface area contributed by atoms with Gasteiger partial charge in [0, 0.05) is 10.9 Å². The maximum absolute atomic E-state index is 12.6. The normalized spacial score (nSPS) is 11.8. The molecule has 0 saturated heterocycles. The number of ether oxygens (including phenoxy) is 1. The maximum atomic E-state index is 12.6. The van der Waals surface area contributed by atoms with Crippen molar-refractivity contribution >= 4 is 22.8 Å². The number of hydrogen-bond donors (Lipinski definition) is 3. The standard InChI is InChI=1S/C23H26N4O2/c1-3-7-15(2)14-29-17-9-6-8-16(12-17)21-13-19(22(28)27-23(24)25)18-10-4-5-11-20(18)26-21/h4-6,8-13,15H,3,7,14H2,1-2H3,(H4,24,25,27,28). The smallest absolute Gasteiger partial charge is 0.258 e. The van der Waals surface area contributed by atoms with Crippen molar-refractivity contribution in [1.29, 1.82) is 5.41 Å². The number of amides is 1. The molecular weight excluding hydrogens is 364 g/mol. The molecule has 0 radical (unpaired) electrons. The highest BCUT2D eigenvalue weighted by Gasteiger charge is 2.15. The van der Waals surface area contributed by atoms with Gasteiger partial charge < -0.3 is 10.5 Å². The molecule has 1 aromatic heterocycles. The molecule has 3 rings (SSSR count). The van der Waals surface area contributed by atoms with E-state index in [1.165, 1.54) is 0 Å². The highest BCUT2D eigenvalue weighted by Crippen LogP contribution is 2.27. The molecule has 1 atom stereocenters. The van der Waals surface area contributed by atoms with Crippen LogP contribution in [0.5, 0.6) is 5.75 Å². The molecule has 29 heavy (non-hydrogen) atoms. The van der Waals surface area contributed by atoms with Gasteiger partial charge in [0.2, 0.25) is 0 Å². The summed E-state index contributed by atoms with van der Waals surface area (Å²) in [5.74, 6) is 0.437. The average Bonchev–Trinajstić information content (AvgIpc) is 2.71. The second kappa shape index (κ2) is 9.19. The van der Waals surface area contributed by atoms with Gasteiger partial charge in [-0.15, -0.1) is 0 Å². The van der Waals surface area contributed by atoms with Crippen molar-refractivity contribution in [3.63, 3.8) is 0 Å². The highest BCUT2D eigenvalue weighted by atomic mass is 16.5. The second-order valence-corrected chi connectivity index (χ2v) is 7.17. The molecule has 4 N–H and O–H groups in total. The SMILES string of the molecule is CCCC(C)COc1cccc(-c2cc(C(=O)NC(=N)N)c3ccccc3n2)c1. The number of para-hydroxylation sites is 1. The minimum atomic E-state index is -0.432. The largest absolute Gasteiger partial charge is 0.493 e. The Hall–Kier alpha value is -3.41. The van der Waals surface area contributed by atoms with Gasteiger partial charge in [0.05, 0.1) is 23.4 Å². The van der Waals surface area contributed by atoms with Crippen LogP contribution in [0.3, 0.4) is 0 Å². The molecule has 150 valence electrons. The first-order chi connectivity index (χ1) is 14.0. The molecular formula is C23H26N4O2. The third-order valence-corrected chi connectivity index (χ3v) is 4.65. The molecule has 1 amide bonds. The van der Waals surface area contributed by atoms with E-state index in [1.54, 1.807) is 6.07 Å². The molecule has 0 aliphatic carbocycles. The molecule has 0 spiro atoms. The van der Waals surface area contributed by atoms with Crippen molar-refractivity contribution in [1.82, 2.24) is 10.3 Å². The number of rotatable bonds is 7. The zero-order valence-corrected chi connectivity index (χ0v) is 16.7. The number of nitrogens with one attached hydrogen (secondary N) is 2. The van der Waals surface area contributed by atoms with E-state index in [-0.39, 0.29) is 0 Å². The highest BCUT2D eigenvalue weighted by molar-refractivity contribution is 6.12. The van der Waals surface area contributed by atoms with Gasteiger partial charge in [0.1, 0.15) is 5.75 Å². The Morgan fingerprint density at radius 2 is 2.00 bits per heavy atom. The summed E-state index contributed by atoms with van der Waals surface area (Å²) < 4.78 is 5.95. The van der Waals surface area contributed by atoms with Crippen molar-refractivity contribution < 1.29 is 9.53 Å². The van der Waals surface area contributed by atoms with E-state index >= 15 is 0 Å². The lowest BCUT2D eigenvalue weighted by molar-refractivity contribution is 0.0978. The average molecular weight is 390 g/mol. The summed E-state index contributed by atoms with van der Waals surface area (Å²) in [6, 6.07) is 16.8. The van der Waals surface area contributed by atoms with Crippen molar-refractivity contribution in [3.8, 4) is 17.0 Å². The second-order valence-electron chi connectivity index (χ2n) is 7.17. The van der Waals surface area contributed by atoms with E-state index in [4.69, 9.17) is 20.9 Å². The number of nitrogens with zero attached hydrogens (tertiary/aromatic N) is 1. The number of benzene rings is 2. The minimum absolute atomic E-state index is 0.394.